The molecule has 0 aliphatic rings. The van der Waals surface area contributed by atoms with Gasteiger partial charge in [0.2, 0.25) is 5.78 Å². The van der Waals surface area contributed by atoms with Crippen molar-refractivity contribution in [2.24, 2.45) is 5.41 Å². The quantitative estimate of drug-likeness (QED) is 0.807. The Morgan fingerprint density at radius 3 is 2.68 bits per heavy atom. The van der Waals surface area contributed by atoms with Crippen molar-refractivity contribution in [3.63, 3.8) is 0 Å². The lowest BCUT2D eigenvalue weighted by atomic mass is 9.87. The molecule has 2 aromatic rings. The fraction of sp³-hybridized carbons (Fsp3) is 0.571. The summed E-state index contributed by atoms with van der Waals surface area (Å²) in [5.41, 5.74) is 1.17. The van der Waals surface area contributed by atoms with Crippen molar-refractivity contribution in [2.45, 2.75) is 46.4 Å². The summed E-state index contributed by atoms with van der Waals surface area (Å²) in [7, 11) is -1.06. The minimum atomic E-state index is -1.06. The first kappa shape index (κ1) is 14.2. The first-order valence-electron chi connectivity index (χ1n) is 6.80. The second kappa shape index (κ2) is 5.42. The summed E-state index contributed by atoms with van der Waals surface area (Å²) >= 11 is 0. The Kier molecular flexibility index (Phi) is 4.06. The fourth-order valence-corrected chi connectivity index (χ4v) is 3.22. The summed E-state index contributed by atoms with van der Waals surface area (Å²) in [4.78, 5) is 8.81. The van der Waals surface area contributed by atoms with Crippen molar-refractivity contribution in [1.82, 2.24) is 14.4 Å². The molecule has 104 valence electrons. The van der Waals surface area contributed by atoms with Crippen molar-refractivity contribution in [3.05, 3.63) is 30.4 Å². The van der Waals surface area contributed by atoms with Gasteiger partial charge in [-0.2, -0.15) is 0 Å². The van der Waals surface area contributed by atoms with Crippen LogP contribution in [0, 0.1) is 5.41 Å². The average Bonchev–Trinajstić information content (AvgIpc) is 2.68. The molecule has 0 aliphatic heterocycles. The largest absolute Gasteiger partial charge is 0.417 e. The van der Waals surface area contributed by atoms with E-state index in [9.17, 15) is 0 Å². The highest BCUT2D eigenvalue weighted by molar-refractivity contribution is 6.48. The third-order valence-corrected chi connectivity index (χ3v) is 3.96. The van der Waals surface area contributed by atoms with Gasteiger partial charge in [0, 0.05) is 25.0 Å². The van der Waals surface area contributed by atoms with E-state index in [0.29, 0.717) is 0 Å². The van der Waals surface area contributed by atoms with E-state index in [4.69, 9.17) is 4.43 Å². The second-order valence-corrected chi connectivity index (χ2v) is 8.67. The molecule has 0 saturated carbocycles. The minimum Gasteiger partial charge on any atom is -0.417 e. The zero-order chi connectivity index (χ0) is 14.0. The fourth-order valence-electron chi connectivity index (χ4n) is 2.05. The smallest absolute Gasteiger partial charge is 0.233 e. The van der Waals surface area contributed by atoms with Gasteiger partial charge in [0.15, 0.2) is 9.04 Å². The Morgan fingerprint density at radius 2 is 2.11 bits per heavy atom. The van der Waals surface area contributed by atoms with Crippen LogP contribution in [-0.2, 0) is 10.8 Å². The molecule has 0 fully saturated rings. The molecule has 1 unspecified atom stereocenters. The van der Waals surface area contributed by atoms with E-state index in [2.05, 4.69) is 43.8 Å². The summed E-state index contributed by atoms with van der Waals surface area (Å²) in [6.45, 7) is 11.1. The molecule has 0 N–H and O–H groups in total. The minimum absolute atomic E-state index is 0.125. The molecule has 0 aromatic carbocycles. The van der Waals surface area contributed by atoms with Crippen LogP contribution >= 0.6 is 0 Å². The van der Waals surface area contributed by atoms with Gasteiger partial charge in [0.1, 0.15) is 0 Å². The molecule has 0 bridgehead atoms. The van der Waals surface area contributed by atoms with Crippen LogP contribution in [0.3, 0.4) is 0 Å². The Hall–Kier alpha value is -1.20. The highest BCUT2D eigenvalue weighted by atomic mass is 28.3. The summed E-state index contributed by atoms with van der Waals surface area (Å²) < 4.78 is 8.14. The Labute approximate surface area is 116 Å². The van der Waals surface area contributed by atoms with Crippen LogP contribution in [0.1, 0.15) is 26.5 Å². The van der Waals surface area contributed by atoms with Crippen LogP contribution in [0.25, 0.3) is 5.78 Å². The predicted octanol–water partition coefficient (Wildman–Crippen LogP) is 2.69. The number of fused-ring (bicyclic) bond motifs is 1. The van der Waals surface area contributed by atoms with Gasteiger partial charge < -0.3 is 4.43 Å². The summed E-state index contributed by atoms with van der Waals surface area (Å²) in [6, 6.07) is 1.91. The monoisotopic (exact) mass is 277 g/mol. The number of hydrogen-bond acceptors (Lipinski definition) is 3. The van der Waals surface area contributed by atoms with Crippen LogP contribution < -0.4 is 0 Å². The summed E-state index contributed by atoms with van der Waals surface area (Å²) in [5, 5.41) is 0. The number of imidazole rings is 1. The van der Waals surface area contributed by atoms with Crippen LogP contribution in [0.4, 0.5) is 0 Å². The van der Waals surface area contributed by atoms with Crippen molar-refractivity contribution in [1.29, 1.82) is 0 Å². The van der Waals surface area contributed by atoms with Gasteiger partial charge in [-0.1, -0.05) is 20.8 Å². The number of nitrogens with zero attached hydrogens (tertiary/aromatic N) is 3. The SMILES string of the molecule is C[SiH](C)OC(Cc1cn2cccnc2n1)C(C)(C)C. The zero-order valence-corrected chi connectivity index (χ0v) is 13.6. The lowest BCUT2D eigenvalue weighted by molar-refractivity contribution is 0.0860. The van der Waals surface area contributed by atoms with Gasteiger partial charge in [-0.25, -0.2) is 9.97 Å². The zero-order valence-electron chi connectivity index (χ0n) is 12.4. The molecule has 4 nitrogen and oxygen atoms in total. The third kappa shape index (κ3) is 3.64. The molecular weight excluding hydrogens is 254 g/mol. The molecule has 2 heterocycles. The Morgan fingerprint density at radius 1 is 1.37 bits per heavy atom. The maximum absolute atomic E-state index is 6.18. The molecular formula is C14H23N3OSi. The summed E-state index contributed by atoms with van der Waals surface area (Å²) in [6.07, 6.45) is 6.85. The van der Waals surface area contributed by atoms with Gasteiger partial charge in [-0.15, -0.1) is 0 Å². The van der Waals surface area contributed by atoms with Gasteiger partial charge >= 0.3 is 0 Å². The first-order chi connectivity index (χ1) is 8.86. The lowest BCUT2D eigenvalue weighted by Crippen LogP contribution is -2.35. The van der Waals surface area contributed by atoms with Gasteiger partial charge in [-0.3, -0.25) is 4.40 Å². The average molecular weight is 277 g/mol. The van der Waals surface area contributed by atoms with Crippen LogP contribution in [0.5, 0.6) is 0 Å². The van der Waals surface area contributed by atoms with Crippen molar-refractivity contribution in [2.75, 3.05) is 0 Å². The molecule has 2 rings (SSSR count). The molecule has 19 heavy (non-hydrogen) atoms. The Bertz CT molecular complexity index is 512. The summed E-state index contributed by atoms with van der Waals surface area (Å²) in [5.74, 6) is 0.756. The van der Waals surface area contributed by atoms with Crippen molar-refractivity contribution in [3.8, 4) is 0 Å². The van der Waals surface area contributed by atoms with Crippen LogP contribution in [0.2, 0.25) is 13.1 Å². The van der Waals surface area contributed by atoms with E-state index in [-0.39, 0.29) is 11.5 Å². The molecule has 0 radical (unpaired) electrons. The van der Waals surface area contributed by atoms with Gasteiger partial charge in [-0.05, 0) is 24.6 Å². The molecule has 0 spiro atoms. The normalized spacial score (nSPS) is 14.2. The van der Waals surface area contributed by atoms with E-state index in [1.165, 1.54) is 0 Å². The Balaban J connectivity index is 2.20. The molecule has 0 saturated heterocycles. The molecule has 1 atom stereocenters. The van der Waals surface area contributed by atoms with E-state index in [1.807, 2.05) is 22.9 Å². The highest BCUT2D eigenvalue weighted by Gasteiger charge is 2.27. The van der Waals surface area contributed by atoms with Gasteiger partial charge in [0.25, 0.3) is 0 Å². The standard InChI is InChI=1S/C14H23N3OSi/c1-14(2,3)12(18-19(4)5)9-11-10-17-8-6-7-15-13(17)16-11/h6-8,10,12,19H,9H2,1-5H3. The number of rotatable bonds is 4. The maximum atomic E-state index is 6.18. The predicted molar refractivity (Wildman–Crippen MR) is 79.9 cm³/mol. The van der Waals surface area contributed by atoms with Crippen LogP contribution in [-0.4, -0.2) is 29.5 Å². The van der Waals surface area contributed by atoms with E-state index in [1.54, 1.807) is 6.20 Å². The maximum Gasteiger partial charge on any atom is 0.233 e. The molecule has 5 heteroatoms. The molecule has 0 aliphatic carbocycles. The lowest BCUT2D eigenvalue weighted by Gasteiger charge is -2.32. The first-order valence-corrected chi connectivity index (χ1v) is 9.58. The molecule has 0 amide bonds. The van der Waals surface area contributed by atoms with E-state index in [0.717, 1.165) is 17.9 Å². The van der Waals surface area contributed by atoms with Crippen LogP contribution in [0.15, 0.2) is 24.7 Å². The van der Waals surface area contributed by atoms with E-state index < -0.39 is 9.04 Å². The second-order valence-electron chi connectivity index (χ2n) is 6.30. The topological polar surface area (TPSA) is 39.4 Å². The molecule has 2 aromatic heterocycles. The number of hydrogen-bond donors (Lipinski definition) is 0. The third-order valence-electron chi connectivity index (χ3n) is 3.08. The van der Waals surface area contributed by atoms with E-state index >= 15 is 0 Å². The van der Waals surface area contributed by atoms with Crippen molar-refractivity contribution >= 4 is 14.8 Å². The van der Waals surface area contributed by atoms with Gasteiger partial charge in [0.05, 0.1) is 11.8 Å². The number of aromatic nitrogens is 3. The van der Waals surface area contributed by atoms with Crippen molar-refractivity contribution < 1.29 is 4.43 Å². The highest BCUT2D eigenvalue weighted by Crippen LogP contribution is 2.26.